The van der Waals surface area contributed by atoms with Crippen molar-refractivity contribution in [3.05, 3.63) is 76.8 Å². The van der Waals surface area contributed by atoms with Gasteiger partial charge in [-0.05, 0) is 50.2 Å². The molecule has 3 heterocycles. The predicted octanol–water partition coefficient (Wildman–Crippen LogP) is 3.79. The van der Waals surface area contributed by atoms with Gasteiger partial charge < -0.3 is 14.5 Å². The Balaban J connectivity index is 1.62. The van der Waals surface area contributed by atoms with Crippen LogP contribution in [0, 0.1) is 5.82 Å². The molecule has 0 radical (unpaired) electrons. The predicted molar refractivity (Wildman–Crippen MR) is 122 cm³/mol. The van der Waals surface area contributed by atoms with Crippen LogP contribution in [0.2, 0.25) is 5.15 Å². The van der Waals surface area contributed by atoms with Crippen LogP contribution in [0.4, 0.5) is 4.39 Å². The van der Waals surface area contributed by atoms with E-state index in [4.69, 9.17) is 20.8 Å². The minimum atomic E-state index is -0.848. The topological polar surface area (TPSA) is 108 Å². The van der Waals surface area contributed by atoms with Gasteiger partial charge in [0.15, 0.2) is 0 Å². The van der Waals surface area contributed by atoms with Crippen molar-refractivity contribution in [2.24, 2.45) is 7.05 Å². The number of hydrogen-bond donors (Lipinski definition) is 1. The van der Waals surface area contributed by atoms with E-state index in [1.54, 1.807) is 30.1 Å². The van der Waals surface area contributed by atoms with Gasteiger partial charge in [-0.1, -0.05) is 17.7 Å². The van der Waals surface area contributed by atoms with Gasteiger partial charge in [0.25, 0.3) is 0 Å². The van der Waals surface area contributed by atoms with Crippen LogP contribution in [0.25, 0.3) is 11.5 Å². The van der Waals surface area contributed by atoms with Crippen LogP contribution in [-0.4, -0.2) is 44.0 Å². The molecule has 4 rings (SSSR count). The molecule has 1 amide bonds. The standard InChI is InChI=1S/C23H22ClFN6O3/c1-4-33-22-16(12-27-31(22)3)23(2,17-6-5-7-18(24)28-17)13-26-19(32)21-30-29-20(34-21)14-8-10-15(25)11-9-14/h5-12H,4,13H2,1-3H3,(H,26,32). The highest BCUT2D eigenvalue weighted by molar-refractivity contribution is 6.29. The summed E-state index contributed by atoms with van der Waals surface area (Å²) in [6.45, 7) is 4.33. The first-order valence-electron chi connectivity index (χ1n) is 10.5. The molecule has 3 aromatic heterocycles. The van der Waals surface area contributed by atoms with Crippen molar-refractivity contribution in [3.8, 4) is 17.3 Å². The zero-order valence-electron chi connectivity index (χ0n) is 18.7. The lowest BCUT2D eigenvalue weighted by atomic mass is 9.80. The molecular weight excluding hydrogens is 463 g/mol. The molecule has 0 aliphatic rings. The zero-order chi connectivity index (χ0) is 24.3. The van der Waals surface area contributed by atoms with Gasteiger partial charge >= 0.3 is 11.8 Å². The Morgan fingerprint density at radius 3 is 2.71 bits per heavy atom. The minimum absolute atomic E-state index is 0.107. The SMILES string of the molecule is CCOc1c(C(C)(CNC(=O)c2nnc(-c3ccc(F)cc3)o2)c2cccc(Cl)n2)cnn1C. The number of carbonyl (C=O) groups excluding carboxylic acids is 1. The van der Waals surface area contributed by atoms with Crippen molar-refractivity contribution >= 4 is 17.5 Å². The fourth-order valence-corrected chi connectivity index (χ4v) is 3.67. The minimum Gasteiger partial charge on any atom is -0.478 e. The second-order valence-electron chi connectivity index (χ2n) is 7.70. The third-order valence-corrected chi connectivity index (χ3v) is 5.56. The summed E-state index contributed by atoms with van der Waals surface area (Å²) in [6, 6.07) is 10.8. The Hall–Kier alpha value is -3.79. The first-order valence-corrected chi connectivity index (χ1v) is 10.9. The largest absolute Gasteiger partial charge is 0.478 e. The smallest absolute Gasteiger partial charge is 0.308 e. The summed E-state index contributed by atoms with van der Waals surface area (Å²) in [5.74, 6) is -0.530. The molecule has 4 aromatic rings. The van der Waals surface area contributed by atoms with Crippen molar-refractivity contribution in [1.29, 1.82) is 0 Å². The zero-order valence-corrected chi connectivity index (χ0v) is 19.5. The Bertz CT molecular complexity index is 1310. The molecule has 9 nitrogen and oxygen atoms in total. The Kier molecular flexibility index (Phi) is 6.60. The number of nitrogens with zero attached hydrogens (tertiary/aromatic N) is 5. The highest BCUT2D eigenvalue weighted by atomic mass is 35.5. The maximum atomic E-state index is 13.2. The van der Waals surface area contributed by atoms with Crippen LogP contribution in [0.1, 0.15) is 35.8 Å². The molecule has 1 unspecified atom stereocenters. The van der Waals surface area contributed by atoms with E-state index in [1.165, 1.54) is 24.3 Å². The number of amides is 1. The number of benzene rings is 1. The van der Waals surface area contributed by atoms with Gasteiger partial charge in [0, 0.05) is 24.7 Å². The highest BCUT2D eigenvalue weighted by Crippen LogP contribution is 2.36. The highest BCUT2D eigenvalue weighted by Gasteiger charge is 2.37. The van der Waals surface area contributed by atoms with Gasteiger partial charge in [-0.3, -0.25) is 4.79 Å². The van der Waals surface area contributed by atoms with Crippen LogP contribution >= 0.6 is 11.6 Å². The molecule has 1 aromatic carbocycles. The van der Waals surface area contributed by atoms with Crippen molar-refractivity contribution in [2.45, 2.75) is 19.3 Å². The van der Waals surface area contributed by atoms with E-state index in [-0.39, 0.29) is 18.3 Å². The summed E-state index contributed by atoms with van der Waals surface area (Å²) in [5, 5.41) is 15.2. The van der Waals surface area contributed by atoms with Gasteiger partial charge in [-0.2, -0.15) is 5.10 Å². The molecule has 0 spiro atoms. The average Bonchev–Trinajstić information content (AvgIpc) is 3.46. The molecule has 0 fully saturated rings. The van der Waals surface area contributed by atoms with E-state index < -0.39 is 17.1 Å². The van der Waals surface area contributed by atoms with Crippen LogP contribution in [-0.2, 0) is 12.5 Å². The van der Waals surface area contributed by atoms with Gasteiger partial charge in [0.05, 0.1) is 23.9 Å². The number of carbonyl (C=O) groups is 1. The van der Waals surface area contributed by atoms with Crippen LogP contribution in [0.5, 0.6) is 5.88 Å². The number of hydrogen-bond acceptors (Lipinski definition) is 7. The molecule has 0 bridgehead atoms. The van der Waals surface area contributed by atoms with Crippen molar-refractivity contribution < 1.29 is 18.3 Å². The van der Waals surface area contributed by atoms with Crippen molar-refractivity contribution in [3.63, 3.8) is 0 Å². The fraction of sp³-hybridized carbons (Fsp3) is 0.261. The number of halogens is 2. The summed E-state index contributed by atoms with van der Waals surface area (Å²) >= 11 is 6.17. The van der Waals surface area contributed by atoms with E-state index in [0.29, 0.717) is 28.9 Å². The Morgan fingerprint density at radius 2 is 2.00 bits per heavy atom. The lowest BCUT2D eigenvalue weighted by molar-refractivity contribution is 0.0912. The van der Waals surface area contributed by atoms with E-state index in [9.17, 15) is 9.18 Å². The van der Waals surface area contributed by atoms with Gasteiger partial charge in [-0.25, -0.2) is 14.1 Å². The van der Waals surface area contributed by atoms with Crippen LogP contribution in [0.3, 0.4) is 0 Å². The van der Waals surface area contributed by atoms with Crippen LogP contribution in [0.15, 0.2) is 53.1 Å². The molecule has 0 saturated carbocycles. The first-order chi connectivity index (χ1) is 16.3. The summed E-state index contributed by atoms with van der Waals surface area (Å²) < 4.78 is 26.1. The maximum absolute atomic E-state index is 13.2. The van der Waals surface area contributed by atoms with Gasteiger partial charge in [-0.15, -0.1) is 10.2 Å². The summed E-state index contributed by atoms with van der Waals surface area (Å²) in [7, 11) is 1.77. The number of ether oxygens (including phenoxy) is 1. The number of rotatable bonds is 8. The number of pyridine rings is 1. The maximum Gasteiger partial charge on any atom is 0.308 e. The van der Waals surface area contributed by atoms with E-state index in [1.807, 2.05) is 19.9 Å². The molecule has 11 heteroatoms. The monoisotopic (exact) mass is 484 g/mol. The molecule has 34 heavy (non-hydrogen) atoms. The molecular formula is C23H22ClFN6O3. The Morgan fingerprint density at radius 1 is 1.24 bits per heavy atom. The number of nitrogens with one attached hydrogen (secondary N) is 1. The molecule has 1 atom stereocenters. The normalized spacial score (nSPS) is 12.9. The van der Waals surface area contributed by atoms with Gasteiger partial charge in [0.2, 0.25) is 11.8 Å². The summed E-state index contributed by atoms with van der Waals surface area (Å²) in [4.78, 5) is 17.3. The third kappa shape index (κ3) is 4.62. The first kappa shape index (κ1) is 23.4. The number of aryl methyl sites for hydroxylation is 1. The Labute approximate surface area is 199 Å². The lowest BCUT2D eigenvalue weighted by Crippen LogP contribution is -2.40. The second kappa shape index (κ2) is 9.60. The third-order valence-electron chi connectivity index (χ3n) is 5.35. The van der Waals surface area contributed by atoms with Crippen molar-refractivity contribution in [2.75, 3.05) is 13.2 Å². The second-order valence-corrected chi connectivity index (χ2v) is 8.09. The van der Waals surface area contributed by atoms with E-state index >= 15 is 0 Å². The molecule has 1 N–H and O–H groups in total. The lowest BCUT2D eigenvalue weighted by Gasteiger charge is -2.29. The molecule has 0 aliphatic carbocycles. The quantitative estimate of drug-likeness (QED) is 0.379. The van der Waals surface area contributed by atoms with Gasteiger partial charge in [0.1, 0.15) is 11.0 Å². The fourth-order valence-electron chi connectivity index (χ4n) is 3.51. The van der Waals surface area contributed by atoms with E-state index in [0.717, 1.165) is 5.56 Å². The molecule has 0 aliphatic heterocycles. The average molecular weight is 485 g/mol. The van der Waals surface area contributed by atoms with Crippen LogP contribution < -0.4 is 10.1 Å². The summed E-state index contributed by atoms with van der Waals surface area (Å²) in [5.41, 5.74) is 0.993. The molecule has 176 valence electrons. The van der Waals surface area contributed by atoms with Crippen molar-refractivity contribution in [1.82, 2.24) is 30.3 Å². The number of aromatic nitrogens is 5. The summed E-state index contributed by atoms with van der Waals surface area (Å²) in [6.07, 6.45) is 1.68. The van der Waals surface area contributed by atoms with E-state index in [2.05, 4.69) is 25.6 Å². The molecule has 0 saturated heterocycles.